The van der Waals surface area contributed by atoms with E-state index >= 15 is 0 Å². The molecule has 2 heterocycles. The van der Waals surface area contributed by atoms with Crippen molar-refractivity contribution in [1.82, 2.24) is 15.1 Å². The second-order valence-corrected chi connectivity index (χ2v) is 6.90. The largest absolute Gasteiger partial charge is 0.363 e. The average molecular weight is 313 g/mol. The first-order valence-corrected chi connectivity index (χ1v) is 7.78. The summed E-state index contributed by atoms with van der Waals surface area (Å²) >= 11 is 7.61. The summed E-state index contributed by atoms with van der Waals surface area (Å²) < 4.78 is 2.76. The van der Waals surface area contributed by atoms with Gasteiger partial charge in [-0.05, 0) is 26.0 Å². The molecule has 0 aliphatic heterocycles. The fourth-order valence-corrected chi connectivity index (χ4v) is 3.46. The van der Waals surface area contributed by atoms with Crippen molar-refractivity contribution in [3.8, 4) is 0 Å². The third kappa shape index (κ3) is 3.16. The Morgan fingerprint density at radius 1 is 1.45 bits per heavy atom. The summed E-state index contributed by atoms with van der Waals surface area (Å²) in [7, 11) is 6.07. The molecule has 0 aromatic carbocycles. The highest BCUT2D eigenvalue weighted by Gasteiger charge is 2.16. The van der Waals surface area contributed by atoms with Gasteiger partial charge in [0.2, 0.25) is 0 Å². The molecule has 0 bridgehead atoms. The van der Waals surface area contributed by atoms with E-state index in [-0.39, 0.29) is 6.04 Å². The number of hydrogen-bond acceptors (Lipinski definition) is 4. The van der Waals surface area contributed by atoms with Crippen molar-refractivity contribution in [2.75, 3.05) is 19.0 Å². The van der Waals surface area contributed by atoms with Crippen LogP contribution in [0, 0.1) is 6.92 Å². The monoisotopic (exact) mass is 312 g/mol. The standard InChI is InChI=1S/C14H21ClN4S/c1-9-11(14(18(3)4)19(5)17-9)8-16-10(2)12-6-7-13(15)20-12/h6-7,10,16H,8H2,1-5H3/t10-/m1/s1. The molecule has 0 saturated heterocycles. The minimum Gasteiger partial charge on any atom is -0.363 e. The van der Waals surface area contributed by atoms with E-state index in [2.05, 4.69) is 35.2 Å². The summed E-state index contributed by atoms with van der Waals surface area (Å²) in [6.45, 7) is 5.00. The molecule has 0 spiro atoms. The number of anilines is 1. The molecule has 6 heteroatoms. The lowest BCUT2D eigenvalue weighted by atomic mass is 10.2. The first-order valence-electron chi connectivity index (χ1n) is 6.58. The van der Waals surface area contributed by atoms with E-state index in [0.717, 1.165) is 22.4 Å². The van der Waals surface area contributed by atoms with Crippen molar-refractivity contribution in [3.05, 3.63) is 32.6 Å². The number of nitrogens with zero attached hydrogens (tertiary/aromatic N) is 3. The van der Waals surface area contributed by atoms with Crippen LogP contribution in [0.25, 0.3) is 0 Å². The average Bonchev–Trinajstić information content (AvgIpc) is 2.90. The zero-order valence-electron chi connectivity index (χ0n) is 12.6. The van der Waals surface area contributed by atoms with Gasteiger partial charge in [0.1, 0.15) is 5.82 Å². The molecule has 2 aromatic heterocycles. The molecule has 20 heavy (non-hydrogen) atoms. The second-order valence-electron chi connectivity index (χ2n) is 5.15. The number of halogens is 1. The Bertz CT molecular complexity index is 588. The molecule has 1 N–H and O–H groups in total. The first kappa shape index (κ1) is 15.4. The molecular formula is C14H21ClN4S. The Hall–Kier alpha value is -1.04. The normalized spacial score (nSPS) is 12.7. The van der Waals surface area contributed by atoms with Crippen LogP contribution in [0.1, 0.15) is 29.1 Å². The van der Waals surface area contributed by atoms with Crippen LogP contribution in [0.2, 0.25) is 4.34 Å². The van der Waals surface area contributed by atoms with Crippen molar-refractivity contribution in [1.29, 1.82) is 0 Å². The molecule has 4 nitrogen and oxygen atoms in total. The number of nitrogens with one attached hydrogen (secondary N) is 1. The van der Waals surface area contributed by atoms with Crippen LogP contribution < -0.4 is 10.2 Å². The summed E-state index contributed by atoms with van der Waals surface area (Å²) in [5.41, 5.74) is 2.31. The minimum atomic E-state index is 0.280. The van der Waals surface area contributed by atoms with E-state index in [1.165, 1.54) is 10.4 Å². The van der Waals surface area contributed by atoms with Crippen molar-refractivity contribution < 1.29 is 0 Å². The maximum Gasteiger partial charge on any atom is 0.130 e. The van der Waals surface area contributed by atoms with Crippen LogP contribution in [-0.2, 0) is 13.6 Å². The Morgan fingerprint density at radius 2 is 2.15 bits per heavy atom. The van der Waals surface area contributed by atoms with Crippen LogP contribution in [-0.4, -0.2) is 23.9 Å². The van der Waals surface area contributed by atoms with E-state index in [9.17, 15) is 0 Å². The fraction of sp³-hybridized carbons (Fsp3) is 0.500. The highest BCUT2D eigenvalue weighted by atomic mass is 35.5. The van der Waals surface area contributed by atoms with Gasteiger partial charge in [0.15, 0.2) is 0 Å². The van der Waals surface area contributed by atoms with E-state index in [0.29, 0.717) is 0 Å². The Balaban J connectivity index is 2.11. The van der Waals surface area contributed by atoms with Gasteiger partial charge < -0.3 is 10.2 Å². The highest BCUT2D eigenvalue weighted by molar-refractivity contribution is 7.16. The summed E-state index contributed by atoms with van der Waals surface area (Å²) in [5.74, 6) is 1.14. The maximum absolute atomic E-state index is 5.99. The van der Waals surface area contributed by atoms with Crippen LogP contribution in [0.15, 0.2) is 12.1 Å². The van der Waals surface area contributed by atoms with Gasteiger partial charge in [-0.2, -0.15) is 5.10 Å². The molecule has 2 rings (SSSR count). The number of thiophene rings is 1. The minimum absolute atomic E-state index is 0.280. The Morgan fingerprint density at radius 3 is 2.70 bits per heavy atom. The zero-order chi connectivity index (χ0) is 14.9. The van der Waals surface area contributed by atoms with Crippen molar-refractivity contribution in [3.63, 3.8) is 0 Å². The molecule has 0 radical (unpaired) electrons. The first-order chi connectivity index (χ1) is 9.40. The van der Waals surface area contributed by atoms with Crippen LogP contribution in [0.5, 0.6) is 0 Å². The van der Waals surface area contributed by atoms with E-state index in [4.69, 9.17) is 11.6 Å². The lowest BCUT2D eigenvalue weighted by Gasteiger charge is -2.17. The number of aromatic nitrogens is 2. The van der Waals surface area contributed by atoms with Gasteiger partial charge in [0, 0.05) is 44.2 Å². The van der Waals surface area contributed by atoms with Gasteiger partial charge >= 0.3 is 0 Å². The smallest absolute Gasteiger partial charge is 0.130 e. The van der Waals surface area contributed by atoms with E-state index in [1.54, 1.807) is 11.3 Å². The molecule has 1 atom stereocenters. The summed E-state index contributed by atoms with van der Waals surface area (Å²) in [6, 6.07) is 4.30. The van der Waals surface area contributed by atoms with E-state index in [1.807, 2.05) is 31.9 Å². The zero-order valence-corrected chi connectivity index (χ0v) is 14.1. The van der Waals surface area contributed by atoms with Gasteiger partial charge in [0.05, 0.1) is 10.0 Å². The van der Waals surface area contributed by atoms with Gasteiger partial charge in [0.25, 0.3) is 0 Å². The highest BCUT2D eigenvalue weighted by Crippen LogP contribution is 2.28. The molecule has 0 amide bonds. The summed E-state index contributed by atoms with van der Waals surface area (Å²) in [4.78, 5) is 3.35. The molecule has 0 fully saturated rings. The molecule has 0 aliphatic carbocycles. The molecule has 0 aliphatic rings. The molecule has 0 unspecified atom stereocenters. The van der Waals surface area contributed by atoms with Gasteiger partial charge in [-0.15, -0.1) is 11.3 Å². The maximum atomic E-state index is 5.99. The van der Waals surface area contributed by atoms with Crippen molar-refractivity contribution in [2.45, 2.75) is 26.4 Å². The predicted molar refractivity (Wildman–Crippen MR) is 86.9 cm³/mol. The lowest BCUT2D eigenvalue weighted by Crippen LogP contribution is -2.21. The molecular weight excluding hydrogens is 292 g/mol. The Labute approximate surface area is 129 Å². The quantitative estimate of drug-likeness (QED) is 0.919. The Kier molecular flexibility index (Phi) is 4.73. The molecule has 0 saturated carbocycles. The molecule has 110 valence electrons. The van der Waals surface area contributed by atoms with Gasteiger partial charge in [-0.25, -0.2) is 0 Å². The number of rotatable bonds is 5. The lowest BCUT2D eigenvalue weighted by molar-refractivity contribution is 0.581. The number of hydrogen-bond donors (Lipinski definition) is 1. The fourth-order valence-electron chi connectivity index (χ4n) is 2.37. The topological polar surface area (TPSA) is 33.1 Å². The number of aryl methyl sites for hydroxylation is 2. The summed E-state index contributed by atoms with van der Waals surface area (Å²) in [6.07, 6.45) is 0. The van der Waals surface area contributed by atoms with Crippen molar-refractivity contribution in [2.24, 2.45) is 7.05 Å². The van der Waals surface area contributed by atoms with Crippen LogP contribution in [0.3, 0.4) is 0 Å². The van der Waals surface area contributed by atoms with E-state index < -0.39 is 0 Å². The predicted octanol–water partition coefficient (Wildman–Crippen LogP) is 3.36. The summed E-state index contributed by atoms with van der Waals surface area (Å²) in [5, 5.41) is 8.05. The third-order valence-corrected chi connectivity index (χ3v) is 4.76. The van der Waals surface area contributed by atoms with Crippen molar-refractivity contribution >= 4 is 28.8 Å². The van der Waals surface area contributed by atoms with Crippen LogP contribution >= 0.6 is 22.9 Å². The van der Waals surface area contributed by atoms with Gasteiger partial charge in [-0.3, -0.25) is 4.68 Å². The third-order valence-electron chi connectivity index (χ3n) is 3.34. The van der Waals surface area contributed by atoms with Crippen LogP contribution in [0.4, 0.5) is 5.82 Å². The SMILES string of the molecule is Cc1nn(C)c(N(C)C)c1CN[C@H](C)c1ccc(Cl)s1. The van der Waals surface area contributed by atoms with Gasteiger partial charge in [-0.1, -0.05) is 11.6 Å². The second kappa shape index (κ2) is 6.16. The molecule has 2 aromatic rings.